The second kappa shape index (κ2) is 7.12. The van der Waals surface area contributed by atoms with Crippen molar-refractivity contribution in [3.63, 3.8) is 0 Å². The van der Waals surface area contributed by atoms with Crippen LogP contribution in [0.1, 0.15) is 26.3 Å². The number of aryl methyl sites for hydroxylation is 1. The van der Waals surface area contributed by atoms with Crippen molar-refractivity contribution in [3.05, 3.63) is 28.2 Å². The number of halogens is 1. The van der Waals surface area contributed by atoms with Crippen molar-refractivity contribution in [1.82, 2.24) is 0 Å². The molecule has 0 saturated heterocycles. The normalized spacial score (nSPS) is 14.3. The molecule has 0 saturated carbocycles. The van der Waals surface area contributed by atoms with Gasteiger partial charge >= 0.3 is 0 Å². The standard InChI is InChI=1S/C14H22BrNO2/c1-4-12-7-13(5-6-14(12)15)16(8-10(2)17)9-11(3)18/h5-7,10-11,17-18H,4,8-9H2,1-3H3. The van der Waals surface area contributed by atoms with Gasteiger partial charge in [-0.25, -0.2) is 0 Å². The summed E-state index contributed by atoms with van der Waals surface area (Å²) >= 11 is 3.52. The highest BCUT2D eigenvalue weighted by atomic mass is 79.9. The van der Waals surface area contributed by atoms with Crippen molar-refractivity contribution >= 4 is 21.6 Å². The average molecular weight is 316 g/mol. The van der Waals surface area contributed by atoms with Gasteiger partial charge < -0.3 is 15.1 Å². The van der Waals surface area contributed by atoms with Crippen LogP contribution in [0, 0.1) is 0 Å². The van der Waals surface area contributed by atoms with Gasteiger partial charge in [0, 0.05) is 23.2 Å². The highest BCUT2D eigenvalue weighted by Gasteiger charge is 2.13. The first-order chi connectivity index (χ1) is 8.43. The van der Waals surface area contributed by atoms with Gasteiger partial charge in [-0.15, -0.1) is 0 Å². The Morgan fingerprint density at radius 1 is 1.17 bits per heavy atom. The first-order valence-electron chi connectivity index (χ1n) is 6.33. The van der Waals surface area contributed by atoms with E-state index in [1.54, 1.807) is 13.8 Å². The molecule has 18 heavy (non-hydrogen) atoms. The van der Waals surface area contributed by atoms with Crippen LogP contribution in [0.3, 0.4) is 0 Å². The third kappa shape index (κ3) is 4.59. The minimum atomic E-state index is -0.419. The van der Waals surface area contributed by atoms with Crippen LogP contribution in [0.25, 0.3) is 0 Å². The van der Waals surface area contributed by atoms with Crippen LogP contribution in [0.15, 0.2) is 22.7 Å². The first kappa shape index (κ1) is 15.5. The van der Waals surface area contributed by atoms with E-state index < -0.39 is 12.2 Å². The minimum Gasteiger partial charge on any atom is -0.392 e. The van der Waals surface area contributed by atoms with E-state index in [1.165, 1.54) is 5.56 Å². The SMILES string of the molecule is CCc1cc(N(CC(C)O)CC(C)O)ccc1Br. The molecule has 3 nitrogen and oxygen atoms in total. The molecule has 4 heteroatoms. The topological polar surface area (TPSA) is 43.7 Å². The van der Waals surface area contributed by atoms with Crippen molar-refractivity contribution in [3.8, 4) is 0 Å². The summed E-state index contributed by atoms with van der Waals surface area (Å²) in [5, 5.41) is 19.1. The van der Waals surface area contributed by atoms with Crippen LogP contribution >= 0.6 is 15.9 Å². The largest absolute Gasteiger partial charge is 0.392 e. The Bertz CT molecular complexity index is 370. The van der Waals surface area contributed by atoms with Crippen molar-refractivity contribution in [2.24, 2.45) is 0 Å². The second-order valence-electron chi connectivity index (χ2n) is 4.73. The summed E-state index contributed by atoms with van der Waals surface area (Å²) in [5.74, 6) is 0. The Balaban J connectivity index is 2.96. The summed E-state index contributed by atoms with van der Waals surface area (Å²) in [6.45, 7) is 6.67. The maximum Gasteiger partial charge on any atom is 0.0687 e. The Morgan fingerprint density at radius 3 is 2.17 bits per heavy atom. The van der Waals surface area contributed by atoms with E-state index in [-0.39, 0.29) is 0 Å². The average Bonchev–Trinajstić information content (AvgIpc) is 2.27. The minimum absolute atomic E-state index is 0.419. The molecular weight excluding hydrogens is 294 g/mol. The number of benzene rings is 1. The van der Waals surface area contributed by atoms with Crippen molar-refractivity contribution in [1.29, 1.82) is 0 Å². The van der Waals surface area contributed by atoms with Gasteiger partial charge in [0.05, 0.1) is 12.2 Å². The number of nitrogens with zero attached hydrogens (tertiary/aromatic N) is 1. The Hall–Kier alpha value is -0.580. The molecule has 1 rings (SSSR count). The first-order valence-corrected chi connectivity index (χ1v) is 7.12. The molecule has 1 aromatic carbocycles. The molecule has 0 aliphatic rings. The second-order valence-corrected chi connectivity index (χ2v) is 5.59. The number of aliphatic hydroxyl groups is 2. The molecular formula is C14H22BrNO2. The number of hydrogen-bond donors (Lipinski definition) is 2. The number of anilines is 1. The molecule has 0 heterocycles. The maximum absolute atomic E-state index is 9.55. The molecule has 2 unspecified atom stereocenters. The Labute approximate surface area is 118 Å². The molecule has 0 spiro atoms. The van der Waals surface area contributed by atoms with E-state index >= 15 is 0 Å². The summed E-state index contributed by atoms with van der Waals surface area (Å²) in [6.07, 6.45) is 0.112. The predicted octanol–water partition coefficient (Wildman–Crippen LogP) is 2.58. The van der Waals surface area contributed by atoms with Crippen molar-refractivity contribution < 1.29 is 10.2 Å². The predicted molar refractivity (Wildman–Crippen MR) is 79.1 cm³/mol. The third-order valence-corrected chi connectivity index (χ3v) is 3.52. The summed E-state index contributed by atoms with van der Waals surface area (Å²) < 4.78 is 1.10. The lowest BCUT2D eigenvalue weighted by Crippen LogP contribution is -2.36. The van der Waals surface area contributed by atoms with Crippen molar-refractivity contribution in [2.45, 2.75) is 39.4 Å². The van der Waals surface area contributed by atoms with E-state index in [4.69, 9.17) is 0 Å². The van der Waals surface area contributed by atoms with E-state index in [0.29, 0.717) is 13.1 Å². The maximum atomic E-state index is 9.55. The van der Waals surface area contributed by atoms with Gasteiger partial charge in [0.15, 0.2) is 0 Å². The molecule has 0 fully saturated rings. The number of aliphatic hydroxyl groups excluding tert-OH is 2. The van der Waals surface area contributed by atoms with Gasteiger partial charge in [-0.2, -0.15) is 0 Å². The van der Waals surface area contributed by atoms with Gasteiger partial charge in [0.25, 0.3) is 0 Å². The molecule has 0 radical (unpaired) electrons. The number of rotatable bonds is 6. The molecule has 0 amide bonds. The van der Waals surface area contributed by atoms with E-state index in [1.807, 2.05) is 17.0 Å². The van der Waals surface area contributed by atoms with Gasteiger partial charge in [0.2, 0.25) is 0 Å². The quantitative estimate of drug-likeness (QED) is 0.848. The molecule has 2 atom stereocenters. The molecule has 0 aromatic heterocycles. The summed E-state index contributed by atoms with van der Waals surface area (Å²) in [6, 6.07) is 6.13. The van der Waals surface area contributed by atoms with Gasteiger partial charge in [-0.1, -0.05) is 22.9 Å². The summed E-state index contributed by atoms with van der Waals surface area (Å²) in [4.78, 5) is 2.01. The van der Waals surface area contributed by atoms with Gasteiger partial charge in [-0.05, 0) is 44.0 Å². The molecule has 2 N–H and O–H groups in total. The van der Waals surface area contributed by atoms with E-state index in [2.05, 4.69) is 28.9 Å². The molecule has 0 bridgehead atoms. The zero-order chi connectivity index (χ0) is 13.7. The zero-order valence-electron chi connectivity index (χ0n) is 11.2. The Morgan fingerprint density at radius 2 is 1.72 bits per heavy atom. The fourth-order valence-corrected chi connectivity index (χ4v) is 2.48. The highest BCUT2D eigenvalue weighted by molar-refractivity contribution is 9.10. The third-order valence-electron chi connectivity index (χ3n) is 2.74. The Kier molecular flexibility index (Phi) is 6.12. The van der Waals surface area contributed by atoms with E-state index in [9.17, 15) is 10.2 Å². The van der Waals surface area contributed by atoms with Crippen molar-refractivity contribution in [2.75, 3.05) is 18.0 Å². The van der Waals surface area contributed by atoms with Crippen LogP contribution in [-0.2, 0) is 6.42 Å². The van der Waals surface area contributed by atoms with E-state index in [0.717, 1.165) is 16.6 Å². The molecule has 102 valence electrons. The molecule has 0 aliphatic heterocycles. The van der Waals surface area contributed by atoms with Gasteiger partial charge in [-0.3, -0.25) is 0 Å². The number of hydrogen-bond acceptors (Lipinski definition) is 3. The van der Waals surface area contributed by atoms with Gasteiger partial charge in [0.1, 0.15) is 0 Å². The fraction of sp³-hybridized carbons (Fsp3) is 0.571. The van der Waals surface area contributed by atoms with Crippen LogP contribution in [0.5, 0.6) is 0 Å². The lowest BCUT2D eigenvalue weighted by Gasteiger charge is -2.28. The monoisotopic (exact) mass is 315 g/mol. The molecule has 1 aromatic rings. The summed E-state index contributed by atoms with van der Waals surface area (Å²) in [5.41, 5.74) is 2.27. The van der Waals surface area contributed by atoms with Crippen LogP contribution in [0.4, 0.5) is 5.69 Å². The molecule has 0 aliphatic carbocycles. The zero-order valence-corrected chi connectivity index (χ0v) is 12.8. The lowest BCUT2D eigenvalue weighted by molar-refractivity contribution is 0.178. The summed E-state index contributed by atoms with van der Waals surface area (Å²) in [7, 11) is 0. The van der Waals surface area contributed by atoms with Crippen LogP contribution in [0.2, 0.25) is 0 Å². The smallest absolute Gasteiger partial charge is 0.0687 e. The lowest BCUT2D eigenvalue weighted by atomic mass is 10.1. The van der Waals surface area contributed by atoms with Crippen LogP contribution < -0.4 is 4.90 Å². The van der Waals surface area contributed by atoms with Crippen LogP contribution in [-0.4, -0.2) is 35.5 Å². The highest BCUT2D eigenvalue weighted by Crippen LogP contribution is 2.24. The fourth-order valence-electron chi connectivity index (χ4n) is 1.95.